The first kappa shape index (κ1) is 14.6. The number of benzene rings is 1. The fraction of sp³-hybridized carbons (Fsp3) is 0.167. The molecule has 0 saturated carbocycles. The van der Waals surface area contributed by atoms with Gasteiger partial charge in [-0.05, 0) is 6.92 Å². The lowest BCUT2D eigenvalue weighted by atomic mass is 10.3. The van der Waals surface area contributed by atoms with Gasteiger partial charge in [0.1, 0.15) is 12.1 Å². The average molecular weight is 296 g/mol. The SMILES string of the molecule is CCNc1cc(Oc2cc(F)c([N+](=O)[O-])cc2F)ncn1. The molecule has 1 aromatic carbocycles. The number of ether oxygens (including phenoxy) is 1. The van der Waals surface area contributed by atoms with Crippen LogP contribution in [-0.2, 0) is 0 Å². The molecule has 0 amide bonds. The van der Waals surface area contributed by atoms with E-state index in [0.29, 0.717) is 24.5 Å². The van der Waals surface area contributed by atoms with Gasteiger partial charge >= 0.3 is 5.69 Å². The average Bonchev–Trinajstić information content (AvgIpc) is 2.43. The van der Waals surface area contributed by atoms with Crippen molar-refractivity contribution in [3.63, 3.8) is 0 Å². The number of nitro benzene ring substituents is 1. The zero-order valence-corrected chi connectivity index (χ0v) is 10.8. The van der Waals surface area contributed by atoms with E-state index in [-0.39, 0.29) is 5.88 Å². The Morgan fingerprint density at radius 1 is 1.29 bits per heavy atom. The van der Waals surface area contributed by atoms with Gasteiger partial charge in [-0.3, -0.25) is 10.1 Å². The number of rotatable bonds is 5. The summed E-state index contributed by atoms with van der Waals surface area (Å²) in [5.41, 5.74) is -0.962. The van der Waals surface area contributed by atoms with Gasteiger partial charge in [0.25, 0.3) is 0 Å². The zero-order chi connectivity index (χ0) is 15.4. The second-order valence-electron chi connectivity index (χ2n) is 3.87. The fourth-order valence-corrected chi connectivity index (χ4v) is 1.52. The maximum Gasteiger partial charge on any atom is 0.307 e. The number of hydrogen-bond donors (Lipinski definition) is 1. The molecule has 2 aromatic rings. The number of hydrogen-bond acceptors (Lipinski definition) is 6. The summed E-state index contributed by atoms with van der Waals surface area (Å²) in [5, 5.41) is 13.4. The van der Waals surface area contributed by atoms with Crippen molar-refractivity contribution in [2.45, 2.75) is 6.92 Å². The number of nitrogens with one attached hydrogen (secondary N) is 1. The third-order valence-corrected chi connectivity index (χ3v) is 2.41. The van der Waals surface area contributed by atoms with Gasteiger partial charge < -0.3 is 10.1 Å². The van der Waals surface area contributed by atoms with Crippen molar-refractivity contribution >= 4 is 11.5 Å². The Labute approximate surface area is 117 Å². The summed E-state index contributed by atoms with van der Waals surface area (Å²) in [6.07, 6.45) is 1.19. The molecule has 0 bridgehead atoms. The highest BCUT2D eigenvalue weighted by molar-refractivity contribution is 5.42. The molecule has 0 saturated heterocycles. The van der Waals surface area contributed by atoms with Crippen LogP contribution < -0.4 is 10.1 Å². The number of nitrogens with zero attached hydrogens (tertiary/aromatic N) is 3. The van der Waals surface area contributed by atoms with Gasteiger partial charge in [0.2, 0.25) is 11.7 Å². The van der Waals surface area contributed by atoms with E-state index in [0.717, 1.165) is 0 Å². The van der Waals surface area contributed by atoms with Crippen LogP contribution in [0.1, 0.15) is 6.92 Å². The van der Waals surface area contributed by atoms with Gasteiger partial charge in [-0.25, -0.2) is 14.4 Å². The molecule has 2 rings (SSSR count). The maximum absolute atomic E-state index is 13.7. The van der Waals surface area contributed by atoms with Crippen LogP contribution in [0.2, 0.25) is 0 Å². The Morgan fingerprint density at radius 2 is 2.05 bits per heavy atom. The topological polar surface area (TPSA) is 90.2 Å². The Hall–Kier alpha value is -2.84. The van der Waals surface area contributed by atoms with Crippen LogP contribution in [0.3, 0.4) is 0 Å². The minimum Gasteiger partial charge on any atom is -0.436 e. The highest BCUT2D eigenvalue weighted by Crippen LogP contribution is 2.29. The molecule has 0 aliphatic carbocycles. The highest BCUT2D eigenvalue weighted by Gasteiger charge is 2.20. The van der Waals surface area contributed by atoms with Crippen molar-refractivity contribution in [3.05, 3.63) is 46.3 Å². The van der Waals surface area contributed by atoms with Gasteiger partial charge in [0.05, 0.1) is 11.0 Å². The minimum atomic E-state index is -1.20. The first-order valence-electron chi connectivity index (χ1n) is 5.88. The van der Waals surface area contributed by atoms with E-state index in [2.05, 4.69) is 15.3 Å². The summed E-state index contributed by atoms with van der Waals surface area (Å²) >= 11 is 0. The van der Waals surface area contributed by atoms with Crippen molar-refractivity contribution in [1.29, 1.82) is 0 Å². The Bertz CT molecular complexity index is 682. The van der Waals surface area contributed by atoms with Crippen LogP contribution in [0.5, 0.6) is 11.6 Å². The van der Waals surface area contributed by atoms with Crippen molar-refractivity contribution in [2.24, 2.45) is 0 Å². The third kappa shape index (κ3) is 3.38. The molecule has 7 nitrogen and oxygen atoms in total. The lowest BCUT2D eigenvalue weighted by Crippen LogP contribution is -2.01. The number of aromatic nitrogens is 2. The summed E-state index contributed by atoms with van der Waals surface area (Å²) in [5.74, 6) is -2.33. The smallest absolute Gasteiger partial charge is 0.307 e. The van der Waals surface area contributed by atoms with Gasteiger partial charge in [-0.1, -0.05) is 0 Å². The second-order valence-corrected chi connectivity index (χ2v) is 3.87. The molecule has 0 aliphatic rings. The van der Waals surface area contributed by atoms with Crippen molar-refractivity contribution in [2.75, 3.05) is 11.9 Å². The summed E-state index contributed by atoms with van der Waals surface area (Å²) in [7, 11) is 0. The van der Waals surface area contributed by atoms with E-state index in [4.69, 9.17) is 4.74 Å². The summed E-state index contributed by atoms with van der Waals surface area (Å²) in [4.78, 5) is 17.1. The van der Waals surface area contributed by atoms with E-state index in [1.54, 1.807) is 0 Å². The molecule has 21 heavy (non-hydrogen) atoms. The molecule has 9 heteroatoms. The summed E-state index contributed by atoms with van der Waals surface area (Å²) in [6.45, 7) is 2.46. The van der Waals surface area contributed by atoms with Crippen molar-refractivity contribution in [1.82, 2.24) is 9.97 Å². The number of anilines is 1. The van der Waals surface area contributed by atoms with Crippen LogP contribution in [0.25, 0.3) is 0 Å². The van der Waals surface area contributed by atoms with Crippen LogP contribution >= 0.6 is 0 Å². The largest absolute Gasteiger partial charge is 0.436 e. The normalized spacial score (nSPS) is 10.2. The van der Waals surface area contributed by atoms with Crippen LogP contribution in [-0.4, -0.2) is 21.4 Å². The van der Waals surface area contributed by atoms with E-state index in [1.807, 2.05) is 6.92 Å². The molecule has 0 spiro atoms. The zero-order valence-electron chi connectivity index (χ0n) is 10.8. The molecular formula is C12H10F2N4O3. The number of halogens is 2. The molecule has 1 aromatic heterocycles. The second kappa shape index (κ2) is 6.07. The quantitative estimate of drug-likeness (QED) is 0.674. The van der Waals surface area contributed by atoms with Crippen LogP contribution in [0.4, 0.5) is 20.3 Å². The molecule has 0 unspecified atom stereocenters. The van der Waals surface area contributed by atoms with Gasteiger partial charge in [-0.15, -0.1) is 0 Å². The first-order valence-corrected chi connectivity index (χ1v) is 5.88. The van der Waals surface area contributed by atoms with Crippen LogP contribution in [0, 0.1) is 21.7 Å². The predicted molar refractivity (Wildman–Crippen MR) is 69.3 cm³/mol. The van der Waals surface area contributed by atoms with E-state index < -0.39 is 28.0 Å². The first-order chi connectivity index (χ1) is 10.0. The third-order valence-electron chi connectivity index (χ3n) is 2.41. The molecule has 0 atom stereocenters. The van der Waals surface area contributed by atoms with Gasteiger partial charge in [-0.2, -0.15) is 4.39 Å². The monoisotopic (exact) mass is 296 g/mol. The van der Waals surface area contributed by atoms with Crippen molar-refractivity contribution < 1.29 is 18.4 Å². The van der Waals surface area contributed by atoms with E-state index >= 15 is 0 Å². The highest BCUT2D eigenvalue weighted by atomic mass is 19.1. The molecule has 0 radical (unpaired) electrons. The Balaban J connectivity index is 2.29. The molecule has 0 fully saturated rings. The standard InChI is InChI=1S/C12H10F2N4O3/c1-2-15-11-5-12(17-6-16-11)21-10-4-7(13)9(18(19)20)3-8(10)14/h3-6H,2H2,1H3,(H,15,16,17). The van der Waals surface area contributed by atoms with Crippen LogP contribution in [0.15, 0.2) is 24.5 Å². The Kier molecular flexibility index (Phi) is 4.21. The molecule has 110 valence electrons. The predicted octanol–water partition coefficient (Wildman–Crippen LogP) is 2.89. The molecule has 1 N–H and O–H groups in total. The minimum absolute atomic E-state index is 0.0203. The lowest BCUT2D eigenvalue weighted by molar-refractivity contribution is -0.387. The molecule has 1 heterocycles. The summed E-state index contributed by atoms with van der Waals surface area (Å²) < 4.78 is 32.2. The fourth-order valence-electron chi connectivity index (χ4n) is 1.52. The van der Waals surface area contributed by atoms with Gasteiger partial charge in [0, 0.05) is 18.7 Å². The van der Waals surface area contributed by atoms with E-state index in [9.17, 15) is 18.9 Å². The molecule has 0 aliphatic heterocycles. The van der Waals surface area contributed by atoms with Gasteiger partial charge in [0.15, 0.2) is 11.6 Å². The Morgan fingerprint density at radius 3 is 2.71 bits per heavy atom. The maximum atomic E-state index is 13.7. The molecular weight excluding hydrogens is 286 g/mol. The lowest BCUT2D eigenvalue weighted by Gasteiger charge is -2.07. The van der Waals surface area contributed by atoms with Crippen molar-refractivity contribution in [3.8, 4) is 11.6 Å². The summed E-state index contributed by atoms with van der Waals surface area (Å²) in [6, 6.07) is 2.45. The van der Waals surface area contributed by atoms with E-state index in [1.165, 1.54) is 12.4 Å². The number of nitro groups is 1.